The highest BCUT2D eigenvalue weighted by Crippen LogP contribution is 2.33. The number of nitrogens with one attached hydrogen (secondary N) is 1. The fraction of sp³-hybridized carbons (Fsp3) is 0.200. The van der Waals surface area contributed by atoms with Crippen molar-refractivity contribution < 1.29 is 14.3 Å². The molecule has 1 amide bonds. The lowest BCUT2D eigenvalue weighted by Crippen LogP contribution is -2.27. The number of carbonyl (C=O) groups is 1. The lowest BCUT2D eigenvalue weighted by atomic mass is 10.1. The van der Waals surface area contributed by atoms with E-state index in [0.29, 0.717) is 17.1 Å². The highest BCUT2D eigenvalue weighted by Gasteiger charge is 2.16. The van der Waals surface area contributed by atoms with E-state index in [1.54, 1.807) is 24.3 Å². The van der Waals surface area contributed by atoms with Gasteiger partial charge in [0.05, 0.1) is 6.04 Å². The van der Waals surface area contributed by atoms with Gasteiger partial charge in [-0.1, -0.05) is 35.9 Å². The normalized spacial score (nSPS) is 13.9. The van der Waals surface area contributed by atoms with Crippen LogP contribution in [-0.4, -0.2) is 12.7 Å². The van der Waals surface area contributed by atoms with E-state index in [9.17, 15) is 10.1 Å². The molecular formula is C20H18N2O3. The Bertz CT molecular complexity index is 864. The topological polar surface area (TPSA) is 71.4 Å². The molecule has 1 unspecified atom stereocenters. The summed E-state index contributed by atoms with van der Waals surface area (Å²) in [7, 11) is 0. The molecule has 2 aromatic carbocycles. The number of nitriles is 1. The average Bonchev–Trinajstić information content (AvgIpc) is 3.07. The fourth-order valence-corrected chi connectivity index (χ4v) is 2.53. The summed E-state index contributed by atoms with van der Waals surface area (Å²) in [5.74, 6) is 0.862. The van der Waals surface area contributed by atoms with Gasteiger partial charge in [0.1, 0.15) is 11.6 Å². The van der Waals surface area contributed by atoms with Crippen molar-refractivity contribution in [3.8, 4) is 17.6 Å². The van der Waals surface area contributed by atoms with E-state index in [1.807, 2.05) is 44.2 Å². The van der Waals surface area contributed by atoms with Crippen LogP contribution in [0.1, 0.15) is 29.7 Å². The molecule has 5 nitrogen and oxygen atoms in total. The van der Waals surface area contributed by atoms with Crippen LogP contribution in [0.4, 0.5) is 0 Å². The molecule has 1 aliphatic rings. The predicted molar refractivity (Wildman–Crippen MR) is 93.9 cm³/mol. The summed E-state index contributed by atoms with van der Waals surface area (Å²) in [4.78, 5) is 12.4. The standard InChI is InChI=1S/C20H18N2O3/c1-13-3-6-16(7-4-13)14(2)22-20(23)17(11-21)9-15-5-8-18-19(10-15)25-12-24-18/h3-10,14H,12H2,1-2H3,(H,22,23)/b17-9-. The third-order valence-corrected chi connectivity index (χ3v) is 4.00. The van der Waals surface area contributed by atoms with Crippen molar-refractivity contribution >= 4 is 12.0 Å². The number of rotatable bonds is 4. The number of amides is 1. The second-order valence-electron chi connectivity index (χ2n) is 5.89. The van der Waals surface area contributed by atoms with Crippen molar-refractivity contribution in [2.45, 2.75) is 19.9 Å². The summed E-state index contributed by atoms with van der Waals surface area (Å²) in [5.41, 5.74) is 2.89. The molecule has 0 spiro atoms. The maximum Gasteiger partial charge on any atom is 0.262 e. The molecule has 0 saturated carbocycles. The highest BCUT2D eigenvalue weighted by atomic mass is 16.7. The fourth-order valence-electron chi connectivity index (χ4n) is 2.53. The first-order valence-electron chi connectivity index (χ1n) is 7.95. The van der Waals surface area contributed by atoms with Crippen LogP contribution in [0.15, 0.2) is 48.0 Å². The minimum absolute atomic E-state index is 0.0397. The molecule has 25 heavy (non-hydrogen) atoms. The van der Waals surface area contributed by atoms with Crippen molar-refractivity contribution in [1.29, 1.82) is 5.26 Å². The Hall–Kier alpha value is -3.26. The third kappa shape index (κ3) is 3.81. The van der Waals surface area contributed by atoms with Crippen LogP contribution in [0.2, 0.25) is 0 Å². The quantitative estimate of drug-likeness (QED) is 0.686. The van der Waals surface area contributed by atoms with Crippen LogP contribution in [0.25, 0.3) is 6.08 Å². The van der Waals surface area contributed by atoms with Gasteiger partial charge in [0.15, 0.2) is 11.5 Å². The Morgan fingerprint density at radius 3 is 2.64 bits per heavy atom. The smallest absolute Gasteiger partial charge is 0.262 e. The van der Waals surface area contributed by atoms with Crippen molar-refractivity contribution in [3.63, 3.8) is 0 Å². The average molecular weight is 334 g/mol. The van der Waals surface area contributed by atoms with E-state index in [-0.39, 0.29) is 18.4 Å². The van der Waals surface area contributed by atoms with Gasteiger partial charge >= 0.3 is 0 Å². The maximum absolute atomic E-state index is 12.4. The van der Waals surface area contributed by atoms with Crippen LogP contribution in [-0.2, 0) is 4.79 Å². The van der Waals surface area contributed by atoms with E-state index in [4.69, 9.17) is 9.47 Å². The Morgan fingerprint density at radius 1 is 1.20 bits per heavy atom. The summed E-state index contributed by atoms with van der Waals surface area (Å²) in [6, 6.07) is 15.0. The van der Waals surface area contributed by atoms with Gasteiger partial charge < -0.3 is 14.8 Å². The molecule has 1 aliphatic heterocycles. The SMILES string of the molecule is Cc1ccc(C(C)NC(=O)/C(C#N)=C\c2ccc3c(c2)OCO3)cc1. The molecule has 1 atom stereocenters. The molecule has 1 N–H and O–H groups in total. The monoisotopic (exact) mass is 334 g/mol. The number of hydrogen-bond acceptors (Lipinski definition) is 4. The molecule has 3 rings (SSSR count). The second-order valence-corrected chi connectivity index (χ2v) is 5.89. The number of aryl methyl sites for hydroxylation is 1. The molecule has 2 aromatic rings. The van der Waals surface area contributed by atoms with Gasteiger partial charge in [0, 0.05) is 0 Å². The van der Waals surface area contributed by atoms with Crippen LogP contribution in [0.3, 0.4) is 0 Å². The Labute approximate surface area is 146 Å². The number of ether oxygens (including phenoxy) is 2. The maximum atomic E-state index is 12.4. The molecule has 5 heteroatoms. The van der Waals surface area contributed by atoms with Gasteiger partial charge in [-0.15, -0.1) is 0 Å². The van der Waals surface area contributed by atoms with E-state index in [2.05, 4.69) is 5.32 Å². The predicted octanol–water partition coefficient (Wildman–Crippen LogP) is 3.51. The van der Waals surface area contributed by atoms with E-state index < -0.39 is 5.91 Å². The second kappa shape index (κ2) is 7.10. The molecule has 1 heterocycles. The van der Waals surface area contributed by atoms with Crippen LogP contribution < -0.4 is 14.8 Å². The third-order valence-electron chi connectivity index (χ3n) is 4.00. The summed E-state index contributed by atoms with van der Waals surface area (Å²) < 4.78 is 10.6. The molecule has 0 fully saturated rings. The summed E-state index contributed by atoms with van der Waals surface area (Å²) in [5, 5.41) is 12.2. The zero-order chi connectivity index (χ0) is 17.8. The van der Waals surface area contributed by atoms with Crippen molar-refractivity contribution in [1.82, 2.24) is 5.32 Å². The minimum Gasteiger partial charge on any atom is -0.454 e. The van der Waals surface area contributed by atoms with Crippen LogP contribution >= 0.6 is 0 Å². The Balaban J connectivity index is 1.75. The van der Waals surface area contributed by atoms with Crippen LogP contribution in [0.5, 0.6) is 11.5 Å². The lowest BCUT2D eigenvalue weighted by Gasteiger charge is -2.14. The van der Waals surface area contributed by atoms with Gasteiger partial charge in [0.25, 0.3) is 5.91 Å². The summed E-state index contributed by atoms with van der Waals surface area (Å²) in [6.45, 7) is 4.08. The lowest BCUT2D eigenvalue weighted by molar-refractivity contribution is -0.117. The highest BCUT2D eigenvalue weighted by molar-refractivity contribution is 6.01. The van der Waals surface area contributed by atoms with Gasteiger partial charge in [-0.05, 0) is 43.2 Å². The van der Waals surface area contributed by atoms with Gasteiger partial charge in [-0.3, -0.25) is 4.79 Å². The van der Waals surface area contributed by atoms with Crippen LogP contribution in [0, 0.1) is 18.3 Å². The van der Waals surface area contributed by atoms with E-state index in [0.717, 1.165) is 11.1 Å². The minimum atomic E-state index is -0.409. The molecule has 0 aromatic heterocycles. The summed E-state index contributed by atoms with van der Waals surface area (Å²) in [6.07, 6.45) is 1.54. The van der Waals surface area contributed by atoms with Crippen molar-refractivity contribution in [2.75, 3.05) is 6.79 Å². The molecule has 0 saturated heterocycles. The molecule has 0 bridgehead atoms. The number of fused-ring (bicyclic) bond motifs is 1. The van der Waals surface area contributed by atoms with Crippen molar-refractivity contribution in [3.05, 3.63) is 64.7 Å². The first kappa shape index (κ1) is 16.6. The first-order chi connectivity index (χ1) is 12.1. The Morgan fingerprint density at radius 2 is 1.92 bits per heavy atom. The summed E-state index contributed by atoms with van der Waals surface area (Å²) >= 11 is 0. The molecule has 0 aliphatic carbocycles. The Kier molecular flexibility index (Phi) is 4.71. The number of benzene rings is 2. The zero-order valence-corrected chi connectivity index (χ0v) is 14.1. The molecular weight excluding hydrogens is 316 g/mol. The van der Waals surface area contributed by atoms with Crippen molar-refractivity contribution in [2.24, 2.45) is 0 Å². The van der Waals surface area contributed by atoms with Gasteiger partial charge in [-0.2, -0.15) is 5.26 Å². The van der Waals surface area contributed by atoms with E-state index in [1.165, 1.54) is 0 Å². The largest absolute Gasteiger partial charge is 0.454 e. The molecule has 126 valence electrons. The zero-order valence-electron chi connectivity index (χ0n) is 14.1. The number of hydrogen-bond donors (Lipinski definition) is 1. The molecule has 0 radical (unpaired) electrons. The first-order valence-corrected chi connectivity index (χ1v) is 7.95. The number of nitrogens with zero attached hydrogens (tertiary/aromatic N) is 1. The van der Waals surface area contributed by atoms with E-state index >= 15 is 0 Å². The van der Waals surface area contributed by atoms with Gasteiger partial charge in [0.2, 0.25) is 6.79 Å². The number of carbonyl (C=O) groups excluding carboxylic acids is 1. The van der Waals surface area contributed by atoms with Gasteiger partial charge in [-0.25, -0.2) is 0 Å².